The van der Waals surface area contributed by atoms with Crippen LogP contribution in [0.5, 0.6) is 0 Å². The molecule has 0 aliphatic carbocycles. The number of methoxy groups -OCH3 is 1. The van der Waals surface area contributed by atoms with Crippen LogP contribution >= 0.6 is 0 Å². The van der Waals surface area contributed by atoms with Crippen molar-refractivity contribution >= 4 is 34.9 Å². The molecule has 0 spiro atoms. The fourth-order valence-corrected chi connectivity index (χ4v) is 2.57. The number of benzene rings is 2. The summed E-state index contributed by atoms with van der Waals surface area (Å²) in [4.78, 5) is 42.5. The lowest BCUT2D eigenvalue weighted by Crippen LogP contribution is -2.30. The molecule has 0 saturated heterocycles. The Hall–Kier alpha value is -4.54. The highest BCUT2D eigenvalue weighted by Gasteiger charge is 2.24. The smallest absolute Gasteiger partial charge is 0.355 e. The van der Waals surface area contributed by atoms with Crippen LogP contribution in [0.4, 0.5) is 23.0 Å². The Bertz CT molecular complexity index is 1120. The van der Waals surface area contributed by atoms with E-state index in [9.17, 15) is 19.7 Å². The number of aromatic nitrogens is 2. The molecule has 1 aromatic heterocycles. The molecule has 11 nitrogen and oxygen atoms in total. The minimum Gasteiger partial charge on any atom is -0.465 e. The van der Waals surface area contributed by atoms with Gasteiger partial charge in [-0.15, -0.1) is 0 Å². The van der Waals surface area contributed by atoms with E-state index in [0.717, 1.165) is 11.9 Å². The Morgan fingerprint density at radius 3 is 2.19 bits per heavy atom. The number of nitrogens with zero attached hydrogens (tertiary/aromatic N) is 3. The summed E-state index contributed by atoms with van der Waals surface area (Å²) in [6, 6.07) is 12.9. The van der Waals surface area contributed by atoms with Crippen molar-refractivity contribution in [2.45, 2.75) is 6.92 Å². The number of carbonyl (C=O) groups excluding carboxylic acids is 2. The van der Waals surface area contributed by atoms with Crippen LogP contribution in [0.15, 0.2) is 54.9 Å². The third-order valence-electron chi connectivity index (χ3n) is 4.18. The first-order valence-corrected chi connectivity index (χ1v) is 8.97. The number of aryl methyl sites for hydroxylation is 1. The summed E-state index contributed by atoms with van der Waals surface area (Å²) >= 11 is 0. The Labute approximate surface area is 176 Å². The molecule has 0 saturated carbocycles. The van der Waals surface area contributed by atoms with Crippen LogP contribution in [0.25, 0.3) is 0 Å². The minimum atomic E-state index is -0.675. The van der Waals surface area contributed by atoms with E-state index >= 15 is 0 Å². The van der Waals surface area contributed by atoms with E-state index in [1.807, 2.05) is 6.92 Å². The molecule has 0 aliphatic heterocycles. The third kappa shape index (κ3) is 5.09. The lowest BCUT2D eigenvalue weighted by atomic mass is 10.1. The number of hydrogen-bond acceptors (Lipinski definition) is 9. The Morgan fingerprint density at radius 2 is 1.58 bits per heavy atom. The molecule has 158 valence electrons. The Kier molecular flexibility index (Phi) is 6.36. The highest BCUT2D eigenvalue weighted by atomic mass is 16.6. The average molecular weight is 422 g/mol. The van der Waals surface area contributed by atoms with Crippen molar-refractivity contribution in [3.05, 3.63) is 81.7 Å². The molecule has 3 rings (SSSR count). The van der Waals surface area contributed by atoms with Crippen LogP contribution in [0, 0.1) is 17.0 Å². The third-order valence-corrected chi connectivity index (χ3v) is 4.18. The number of rotatable bonds is 7. The summed E-state index contributed by atoms with van der Waals surface area (Å²) in [5.74, 6) is -1.29. The summed E-state index contributed by atoms with van der Waals surface area (Å²) in [5, 5.41) is 14.4. The largest absolute Gasteiger partial charge is 0.465 e. The first-order valence-electron chi connectivity index (χ1n) is 8.97. The van der Waals surface area contributed by atoms with Crippen molar-refractivity contribution in [2.75, 3.05) is 17.9 Å². The quantitative estimate of drug-likeness (QED) is 0.297. The minimum absolute atomic E-state index is 0.0992. The number of carbonyl (C=O) groups is 2. The second-order valence-corrected chi connectivity index (χ2v) is 6.32. The normalized spacial score (nSPS) is 10.1. The topological polar surface area (TPSA) is 148 Å². The van der Waals surface area contributed by atoms with Gasteiger partial charge in [0.15, 0.2) is 0 Å². The molecular formula is C20H18N6O5. The molecule has 0 bridgehead atoms. The van der Waals surface area contributed by atoms with E-state index in [1.54, 1.807) is 36.4 Å². The fourth-order valence-electron chi connectivity index (χ4n) is 2.57. The Balaban J connectivity index is 1.79. The van der Waals surface area contributed by atoms with E-state index in [1.165, 1.54) is 19.2 Å². The molecule has 0 atom stereocenters. The summed E-state index contributed by atoms with van der Waals surface area (Å²) in [6.45, 7) is 1.89. The van der Waals surface area contributed by atoms with Crippen LogP contribution in [0.3, 0.4) is 0 Å². The zero-order valence-corrected chi connectivity index (χ0v) is 16.6. The Morgan fingerprint density at radius 1 is 0.968 bits per heavy atom. The molecule has 31 heavy (non-hydrogen) atoms. The standard InChI is InChI=1S/C20H18N6O5/c1-12-3-5-13(6-4-12)19(27)25-24-18-16(26(29)30)17(21-11-22-18)23-15-9-7-14(8-10-15)20(28)31-2/h3-11H,1-2H3,(H,25,27)(H2,21,22,23,24). The zero-order valence-electron chi connectivity index (χ0n) is 16.6. The molecular weight excluding hydrogens is 404 g/mol. The SMILES string of the molecule is COC(=O)c1ccc(Nc2ncnc(NNC(=O)c3ccc(C)cc3)c2[N+](=O)[O-])cc1. The lowest BCUT2D eigenvalue weighted by molar-refractivity contribution is -0.383. The molecule has 1 heterocycles. The van der Waals surface area contributed by atoms with Gasteiger partial charge in [0.05, 0.1) is 17.6 Å². The maximum Gasteiger partial charge on any atom is 0.355 e. The van der Waals surface area contributed by atoms with Crippen LogP contribution in [0.2, 0.25) is 0 Å². The molecule has 0 unspecified atom stereocenters. The monoisotopic (exact) mass is 422 g/mol. The zero-order chi connectivity index (χ0) is 22.4. The van der Waals surface area contributed by atoms with Crippen LogP contribution in [-0.4, -0.2) is 33.9 Å². The molecule has 11 heteroatoms. The number of ether oxygens (including phenoxy) is 1. The van der Waals surface area contributed by atoms with Crippen molar-refractivity contribution < 1.29 is 19.2 Å². The number of anilines is 3. The molecule has 0 radical (unpaired) electrons. The number of hydrogen-bond donors (Lipinski definition) is 3. The van der Waals surface area contributed by atoms with Gasteiger partial charge in [0, 0.05) is 11.3 Å². The first-order chi connectivity index (χ1) is 14.9. The number of nitrogens with one attached hydrogen (secondary N) is 3. The number of hydrazine groups is 1. The van der Waals surface area contributed by atoms with E-state index in [0.29, 0.717) is 16.8 Å². The van der Waals surface area contributed by atoms with Gasteiger partial charge in [-0.1, -0.05) is 17.7 Å². The summed E-state index contributed by atoms with van der Waals surface area (Å²) in [6.07, 6.45) is 1.11. The van der Waals surface area contributed by atoms with E-state index in [2.05, 4.69) is 30.9 Å². The highest BCUT2D eigenvalue weighted by molar-refractivity contribution is 5.95. The molecule has 1 amide bonds. The first kappa shape index (κ1) is 21.2. The van der Waals surface area contributed by atoms with Crippen molar-refractivity contribution in [2.24, 2.45) is 0 Å². The van der Waals surface area contributed by atoms with Crippen LogP contribution in [-0.2, 0) is 4.74 Å². The van der Waals surface area contributed by atoms with Crippen molar-refractivity contribution in [3.63, 3.8) is 0 Å². The van der Waals surface area contributed by atoms with Gasteiger partial charge < -0.3 is 10.1 Å². The van der Waals surface area contributed by atoms with Gasteiger partial charge in [0.1, 0.15) is 6.33 Å². The molecule has 3 N–H and O–H groups in total. The van der Waals surface area contributed by atoms with E-state index < -0.39 is 22.5 Å². The van der Waals surface area contributed by atoms with Gasteiger partial charge in [-0.05, 0) is 43.3 Å². The van der Waals surface area contributed by atoms with Gasteiger partial charge in [0.25, 0.3) is 5.91 Å². The predicted molar refractivity (Wildman–Crippen MR) is 112 cm³/mol. The molecule has 0 fully saturated rings. The number of amides is 1. The van der Waals surface area contributed by atoms with E-state index in [-0.39, 0.29) is 11.6 Å². The van der Waals surface area contributed by atoms with Crippen LogP contribution < -0.4 is 16.2 Å². The molecule has 2 aromatic carbocycles. The van der Waals surface area contributed by atoms with E-state index in [4.69, 9.17) is 0 Å². The van der Waals surface area contributed by atoms with Gasteiger partial charge >= 0.3 is 11.7 Å². The summed E-state index contributed by atoms with van der Waals surface area (Å²) in [7, 11) is 1.27. The average Bonchev–Trinajstić information content (AvgIpc) is 2.77. The lowest BCUT2D eigenvalue weighted by Gasteiger charge is -2.11. The van der Waals surface area contributed by atoms with Crippen molar-refractivity contribution in [3.8, 4) is 0 Å². The highest BCUT2D eigenvalue weighted by Crippen LogP contribution is 2.30. The molecule has 3 aromatic rings. The number of nitro groups is 1. The van der Waals surface area contributed by atoms with Crippen LogP contribution in [0.1, 0.15) is 26.3 Å². The second-order valence-electron chi connectivity index (χ2n) is 6.32. The van der Waals surface area contributed by atoms with Gasteiger partial charge in [-0.3, -0.25) is 25.8 Å². The second kappa shape index (κ2) is 9.31. The maximum atomic E-state index is 12.3. The summed E-state index contributed by atoms with van der Waals surface area (Å²) < 4.78 is 4.63. The molecule has 0 aliphatic rings. The predicted octanol–water partition coefficient (Wildman–Crippen LogP) is 2.98. The number of esters is 1. The van der Waals surface area contributed by atoms with Gasteiger partial charge in [-0.25, -0.2) is 14.8 Å². The van der Waals surface area contributed by atoms with Crippen molar-refractivity contribution in [1.29, 1.82) is 0 Å². The maximum absolute atomic E-state index is 12.3. The summed E-state index contributed by atoms with van der Waals surface area (Å²) in [5.41, 5.74) is 6.53. The van der Waals surface area contributed by atoms with Gasteiger partial charge in [-0.2, -0.15) is 0 Å². The van der Waals surface area contributed by atoms with Crippen molar-refractivity contribution in [1.82, 2.24) is 15.4 Å². The fraction of sp³-hybridized carbons (Fsp3) is 0.100. The van der Waals surface area contributed by atoms with Gasteiger partial charge in [0.2, 0.25) is 11.6 Å².